The fourth-order valence-corrected chi connectivity index (χ4v) is 3.07. The van der Waals surface area contributed by atoms with Crippen LogP contribution in [0.2, 0.25) is 5.15 Å². The maximum absolute atomic E-state index is 13.1. The summed E-state index contributed by atoms with van der Waals surface area (Å²) in [6.45, 7) is 1.49. The first-order valence-electron chi connectivity index (χ1n) is 5.69. The molecular formula is C13H10ClF2NO2S. The summed E-state index contributed by atoms with van der Waals surface area (Å²) in [5.41, 5.74) is 0.383. The van der Waals surface area contributed by atoms with Gasteiger partial charge in [0.05, 0.1) is 11.4 Å². The van der Waals surface area contributed by atoms with Gasteiger partial charge < -0.3 is 0 Å². The first-order valence-corrected chi connectivity index (χ1v) is 7.72. The number of rotatable bonds is 3. The van der Waals surface area contributed by atoms with Crippen LogP contribution in [0.3, 0.4) is 0 Å². The van der Waals surface area contributed by atoms with Crippen molar-refractivity contribution in [2.24, 2.45) is 0 Å². The maximum Gasteiger partial charge on any atom is 0.181 e. The molecule has 1 aromatic carbocycles. The maximum atomic E-state index is 13.1. The Balaban J connectivity index is 2.54. The first-order chi connectivity index (χ1) is 9.33. The molecule has 0 saturated carbocycles. The highest BCUT2D eigenvalue weighted by Gasteiger charge is 2.17. The quantitative estimate of drug-likeness (QED) is 0.814. The number of hydrogen-bond donors (Lipinski definition) is 0. The second-order valence-corrected chi connectivity index (χ2v) is 6.65. The molecule has 2 aromatic rings. The van der Waals surface area contributed by atoms with Gasteiger partial charge in [0.2, 0.25) is 0 Å². The lowest BCUT2D eigenvalue weighted by Crippen LogP contribution is -2.05. The van der Waals surface area contributed by atoms with Crippen LogP contribution < -0.4 is 0 Å². The third kappa shape index (κ3) is 2.96. The van der Waals surface area contributed by atoms with Crippen LogP contribution in [0, 0.1) is 11.6 Å². The van der Waals surface area contributed by atoms with Gasteiger partial charge in [-0.15, -0.1) is 0 Å². The molecule has 7 heteroatoms. The van der Waals surface area contributed by atoms with Crippen molar-refractivity contribution in [1.82, 2.24) is 4.98 Å². The molecule has 106 valence electrons. The van der Waals surface area contributed by atoms with Crippen molar-refractivity contribution in [2.45, 2.75) is 11.8 Å². The fourth-order valence-electron chi connectivity index (χ4n) is 1.67. The van der Waals surface area contributed by atoms with E-state index >= 15 is 0 Å². The van der Waals surface area contributed by atoms with Gasteiger partial charge in [0, 0.05) is 11.6 Å². The Kier molecular flexibility index (Phi) is 4.06. The average molecular weight is 318 g/mol. The Morgan fingerprint density at radius 2 is 1.75 bits per heavy atom. The van der Waals surface area contributed by atoms with Gasteiger partial charge >= 0.3 is 0 Å². The van der Waals surface area contributed by atoms with Crippen LogP contribution >= 0.6 is 11.6 Å². The van der Waals surface area contributed by atoms with Crippen molar-refractivity contribution in [3.8, 4) is 11.3 Å². The Labute approximate surface area is 120 Å². The number of aromatic nitrogens is 1. The predicted molar refractivity (Wildman–Crippen MR) is 72.3 cm³/mol. The lowest BCUT2D eigenvalue weighted by molar-refractivity contribution is 0.584. The zero-order valence-corrected chi connectivity index (χ0v) is 12.0. The van der Waals surface area contributed by atoms with Crippen LogP contribution in [-0.4, -0.2) is 19.2 Å². The SMILES string of the molecule is CCS(=O)(=O)c1ccc(-c2cc(F)cc(F)c2)nc1Cl. The Morgan fingerprint density at radius 1 is 1.15 bits per heavy atom. The third-order valence-corrected chi connectivity index (χ3v) is 4.85. The van der Waals surface area contributed by atoms with E-state index in [4.69, 9.17) is 11.6 Å². The van der Waals surface area contributed by atoms with E-state index in [1.807, 2.05) is 0 Å². The molecule has 0 saturated heterocycles. The summed E-state index contributed by atoms with van der Waals surface area (Å²) in [7, 11) is -3.49. The van der Waals surface area contributed by atoms with E-state index in [2.05, 4.69) is 4.98 Å². The highest BCUT2D eigenvalue weighted by Crippen LogP contribution is 2.26. The monoisotopic (exact) mass is 317 g/mol. The first kappa shape index (κ1) is 14.9. The van der Waals surface area contributed by atoms with Gasteiger partial charge in [-0.1, -0.05) is 18.5 Å². The smallest absolute Gasteiger partial charge is 0.181 e. The summed E-state index contributed by atoms with van der Waals surface area (Å²) >= 11 is 5.84. The fraction of sp³-hybridized carbons (Fsp3) is 0.154. The van der Waals surface area contributed by atoms with Gasteiger partial charge in [-0.2, -0.15) is 0 Å². The van der Waals surface area contributed by atoms with E-state index in [9.17, 15) is 17.2 Å². The molecule has 0 spiro atoms. The van der Waals surface area contributed by atoms with Crippen LogP contribution in [-0.2, 0) is 9.84 Å². The van der Waals surface area contributed by atoms with Crippen molar-refractivity contribution in [3.05, 3.63) is 47.1 Å². The summed E-state index contributed by atoms with van der Waals surface area (Å²) in [6.07, 6.45) is 0. The minimum Gasteiger partial charge on any atom is -0.235 e. The number of pyridine rings is 1. The van der Waals surface area contributed by atoms with Crippen molar-refractivity contribution in [2.75, 3.05) is 5.75 Å². The van der Waals surface area contributed by atoms with E-state index in [-0.39, 0.29) is 27.1 Å². The lowest BCUT2D eigenvalue weighted by atomic mass is 10.1. The van der Waals surface area contributed by atoms with Crippen molar-refractivity contribution >= 4 is 21.4 Å². The molecule has 0 bridgehead atoms. The molecular weight excluding hydrogens is 308 g/mol. The highest BCUT2D eigenvalue weighted by atomic mass is 35.5. The summed E-state index contributed by atoms with van der Waals surface area (Å²) < 4.78 is 49.7. The number of benzene rings is 1. The number of sulfone groups is 1. The Bertz CT molecular complexity index is 743. The van der Waals surface area contributed by atoms with E-state index < -0.39 is 21.5 Å². The standard InChI is InChI=1S/C13H10ClF2NO2S/c1-2-20(18,19)12-4-3-11(17-13(12)14)8-5-9(15)7-10(16)6-8/h3-7H,2H2,1H3. The summed E-state index contributed by atoms with van der Waals surface area (Å²) in [4.78, 5) is 3.80. The van der Waals surface area contributed by atoms with Crippen LogP contribution in [0.15, 0.2) is 35.2 Å². The summed E-state index contributed by atoms with van der Waals surface area (Å²) in [5, 5.41) is -0.214. The molecule has 0 aliphatic heterocycles. The van der Waals surface area contributed by atoms with Crippen molar-refractivity contribution in [1.29, 1.82) is 0 Å². The Morgan fingerprint density at radius 3 is 2.25 bits per heavy atom. The number of hydrogen-bond acceptors (Lipinski definition) is 3. The molecule has 0 atom stereocenters. The topological polar surface area (TPSA) is 47.0 Å². The normalized spacial score (nSPS) is 11.6. The van der Waals surface area contributed by atoms with E-state index in [0.29, 0.717) is 0 Å². The second kappa shape index (κ2) is 5.46. The molecule has 20 heavy (non-hydrogen) atoms. The molecule has 2 rings (SSSR count). The van der Waals surface area contributed by atoms with Crippen LogP contribution in [0.4, 0.5) is 8.78 Å². The second-order valence-electron chi connectivity index (χ2n) is 4.05. The molecule has 0 radical (unpaired) electrons. The average Bonchev–Trinajstić information content (AvgIpc) is 2.37. The van der Waals surface area contributed by atoms with Gasteiger partial charge in [-0.3, -0.25) is 0 Å². The molecule has 0 aliphatic rings. The minimum absolute atomic E-state index is 0.0951. The van der Waals surface area contributed by atoms with Crippen molar-refractivity contribution < 1.29 is 17.2 Å². The molecule has 1 heterocycles. The van der Waals surface area contributed by atoms with Crippen molar-refractivity contribution in [3.63, 3.8) is 0 Å². The molecule has 0 N–H and O–H groups in total. The Hall–Kier alpha value is -1.53. The van der Waals surface area contributed by atoms with Crippen LogP contribution in [0.25, 0.3) is 11.3 Å². The molecule has 0 fully saturated rings. The molecule has 1 aromatic heterocycles. The van der Waals surface area contributed by atoms with E-state index in [0.717, 1.165) is 18.2 Å². The molecule has 0 aliphatic carbocycles. The van der Waals surface area contributed by atoms with Gasteiger partial charge in [0.25, 0.3) is 0 Å². The van der Waals surface area contributed by atoms with Gasteiger partial charge in [0.15, 0.2) is 9.84 Å². The minimum atomic E-state index is -3.49. The lowest BCUT2D eigenvalue weighted by Gasteiger charge is -2.07. The molecule has 0 unspecified atom stereocenters. The van der Waals surface area contributed by atoms with Crippen LogP contribution in [0.1, 0.15) is 6.92 Å². The molecule has 0 amide bonds. The largest absolute Gasteiger partial charge is 0.235 e. The predicted octanol–water partition coefficient (Wildman–Crippen LogP) is 3.47. The zero-order chi connectivity index (χ0) is 14.9. The third-order valence-electron chi connectivity index (χ3n) is 2.69. The van der Waals surface area contributed by atoms with Crippen LogP contribution in [0.5, 0.6) is 0 Å². The summed E-state index contributed by atoms with van der Waals surface area (Å²) in [6, 6.07) is 5.57. The molecule has 3 nitrogen and oxygen atoms in total. The summed E-state index contributed by atoms with van der Waals surface area (Å²) in [5.74, 6) is -1.60. The van der Waals surface area contributed by atoms with Gasteiger partial charge in [-0.05, 0) is 24.3 Å². The van der Waals surface area contributed by atoms with E-state index in [1.165, 1.54) is 19.1 Å². The number of nitrogens with zero attached hydrogens (tertiary/aromatic N) is 1. The van der Waals surface area contributed by atoms with Gasteiger partial charge in [0.1, 0.15) is 21.7 Å². The highest BCUT2D eigenvalue weighted by molar-refractivity contribution is 7.91. The van der Waals surface area contributed by atoms with E-state index in [1.54, 1.807) is 0 Å². The zero-order valence-electron chi connectivity index (χ0n) is 10.4. The van der Waals surface area contributed by atoms with Gasteiger partial charge in [-0.25, -0.2) is 22.2 Å². The number of halogens is 3.